The first-order valence-electron chi connectivity index (χ1n) is 7.13. The Balaban J connectivity index is 2.25. The summed E-state index contributed by atoms with van der Waals surface area (Å²) in [5.74, 6) is -0.565. The first kappa shape index (κ1) is 17.6. The number of hydrogen-bond acceptors (Lipinski definition) is 5. The van der Waals surface area contributed by atoms with Gasteiger partial charge in [-0.05, 0) is 50.5 Å². The van der Waals surface area contributed by atoms with Gasteiger partial charge in [-0.3, -0.25) is 4.79 Å². The lowest BCUT2D eigenvalue weighted by Crippen LogP contribution is -2.31. The molecule has 0 aliphatic rings. The van der Waals surface area contributed by atoms with Crippen molar-refractivity contribution in [1.29, 1.82) is 0 Å². The number of aryl methyl sites for hydroxylation is 3. The number of carbonyl (C=O) groups excluding carboxylic acids is 1. The topological polar surface area (TPSA) is 76.1 Å². The van der Waals surface area contributed by atoms with Crippen molar-refractivity contribution in [2.45, 2.75) is 32.9 Å². The van der Waals surface area contributed by atoms with Gasteiger partial charge in [0.2, 0.25) is 5.91 Å². The molecular weight excluding hydrogens is 332 g/mol. The molecule has 0 fully saturated rings. The molecule has 0 saturated heterocycles. The fourth-order valence-electron chi connectivity index (χ4n) is 2.09. The van der Waals surface area contributed by atoms with Gasteiger partial charge in [0.15, 0.2) is 15.0 Å². The van der Waals surface area contributed by atoms with E-state index in [0.717, 1.165) is 23.1 Å². The average Bonchev–Trinajstić information content (AvgIpc) is 2.89. The Morgan fingerprint density at radius 3 is 2.39 bits per heavy atom. The van der Waals surface area contributed by atoms with Crippen LogP contribution in [0.1, 0.15) is 23.6 Å². The van der Waals surface area contributed by atoms with Crippen LogP contribution in [0.5, 0.6) is 0 Å². The third-order valence-electron chi connectivity index (χ3n) is 3.86. The van der Waals surface area contributed by atoms with E-state index in [4.69, 9.17) is 0 Å². The minimum Gasteiger partial charge on any atom is -0.301 e. The van der Waals surface area contributed by atoms with E-state index in [2.05, 4.69) is 29.4 Å². The van der Waals surface area contributed by atoms with E-state index in [1.165, 1.54) is 29.4 Å². The molecule has 0 spiro atoms. The number of carbonyl (C=O) groups is 1. The summed E-state index contributed by atoms with van der Waals surface area (Å²) >= 11 is 1.28. The summed E-state index contributed by atoms with van der Waals surface area (Å²) < 4.78 is 22.9. The molecule has 2 rings (SSSR count). The summed E-state index contributed by atoms with van der Waals surface area (Å²) in [6.45, 7) is 7.49. The summed E-state index contributed by atoms with van der Waals surface area (Å²) in [7, 11) is -3.42. The Morgan fingerprint density at radius 2 is 1.78 bits per heavy atom. The van der Waals surface area contributed by atoms with Gasteiger partial charge in [-0.25, -0.2) is 13.4 Å². The molecule has 1 heterocycles. The van der Waals surface area contributed by atoms with E-state index >= 15 is 0 Å². The smallest absolute Gasteiger partial charge is 0.244 e. The quantitative estimate of drug-likeness (QED) is 0.917. The molecule has 1 amide bonds. The van der Waals surface area contributed by atoms with Crippen LogP contribution >= 0.6 is 11.3 Å². The van der Waals surface area contributed by atoms with Gasteiger partial charge in [0.25, 0.3) is 0 Å². The molecule has 0 aliphatic carbocycles. The molecule has 1 atom stereocenters. The largest absolute Gasteiger partial charge is 0.301 e. The van der Waals surface area contributed by atoms with E-state index in [0.29, 0.717) is 5.13 Å². The van der Waals surface area contributed by atoms with Crippen molar-refractivity contribution in [3.05, 3.63) is 34.2 Å². The van der Waals surface area contributed by atoms with Crippen molar-refractivity contribution < 1.29 is 13.2 Å². The van der Waals surface area contributed by atoms with Crippen LogP contribution in [0.4, 0.5) is 5.13 Å². The highest BCUT2D eigenvalue weighted by atomic mass is 32.2. The highest BCUT2D eigenvalue weighted by Crippen LogP contribution is 2.29. The fraction of sp³-hybridized carbons (Fsp3) is 0.375. The molecule has 0 saturated carbocycles. The molecule has 0 bridgehead atoms. The standard InChI is InChI=1S/C16H20N2O3S2/c1-9-6-11(3)13(7-10(9)2)14-8-22-16(17-14)18-15(19)12(4)23(5,20)21/h6-8,12H,1-5H3,(H,17,18,19). The SMILES string of the molecule is Cc1cc(C)c(-c2csc(NC(=O)C(C)S(C)(=O)=O)n2)cc1C. The Kier molecular flexibility index (Phi) is 4.91. The zero-order valence-corrected chi connectivity index (χ0v) is 15.4. The second kappa shape index (κ2) is 6.41. The third kappa shape index (κ3) is 3.97. The van der Waals surface area contributed by atoms with Gasteiger partial charge in [0.05, 0.1) is 5.69 Å². The minimum atomic E-state index is -3.42. The number of aromatic nitrogens is 1. The number of nitrogens with one attached hydrogen (secondary N) is 1. The van der Waals surface area contributed by atoms with Gasteiger partial charge >= 0.3 is 0 Å². The summed E-state index contributed by atoms with van der Waals surface area (Å²) in [6, 6.07) is 4.18. The lowest BCUT2D eigenvalue weighted by molar-refractivity contribution is -0.115. The van der Waals surface area contributed by atoms with E-state index in [1.54, 1.807) is 0 Å². The fourth-order valence-corrected chi connectivity index (χ4v) is 3.25. The van der Waals surface area contributed by atoms with E-state index < -0.39 is 21.0 Å². The molecule has 1 unspecified atom stereocenters. The lowest BCUT2D eigenvalue weighted by Gasteiger charge is -2.09. The molecule has 2 aromatic rings. The highest BCUT2D eigenvalue weighted by molar-refractivity contribution is 7.92. The van der Waals surface area contributed by atoms with Crippen LogP contribution in [0.25, 0.3) is 11.3 Å². The molecular formula is C16H20N2O3S2. The van der Waals surface area contributed by atoms with Gasteiger partial charge in [-0.1, -0.05) is 6.07 Å². The second-order valence-corrected chi connectivity index (χ2v) is 8.97. The van der Waals surface area contributed by atoms with Crippen LogP contribution in [0.3, 0.4) is 0 Å². The number of amides is 1. The van der Waals surface area contributed by atoms with Crippen LogP contribution in [-0.4, -0.2) is 30.8 Å². The summed E-state index contributed by atoms with van der Waals surface area (Å²) in [5, 5.41) is 3.73. The van der Waals surface area contributed by atoms with Crippen molar-refractivity contribution in [3.63, 3.8) is 0 Å². The van der Waals surface area contributed by atoms with E-state index in [9.17, 15) is 13.2 Å². The average molecular weight is 352 g/mol. The van der Waals surface area contributed by atoms with E-state index in [-0.39, 0.29) is 0 Å². The number of anilines is 1. The minimum absolute atomic E-state index is 0.401. The molecule has 7 heteroatoms. The zero-order valence-electron chi connectivity index (χ0n) is 13.8. The maximum absolute atomic E-state index is 11.9. The molecule has 0 radical (unpaired) electrons. The predicted octanol–water partition coefficient (Wildman–Crippen LogP) is 3.11. The summed E-state index contributed by atoms with van der Waals surface area (Å²) in [6.07, 6.45) is 1.04. The van der Waals surface area contributed by atoms with Crippen molar-refractivity contribution >= 4 is 32.2 Å². The maximum atomic E-state index is 11.9. The van der Waals surface area contributed by atoms with Crippen molar-refractivity contribution in [3.8, 4) is 11.3 Å². The predicted molar refractivity (Wildman–Crippen MR) is 94.7 cm³/mol. The van der Waals surface area contributed by atoms with Crippen LogP contribution in [0.2, 0.25) is 0 Å². The number of hydrogen-bond donors (Lipinski definition) is 1. The monoisotopic (exact) mass is 352 g/mol. The van der Waals surface area contributed by atoms with Gasteiger partial charge in [-0.15, -0.1) is 11.3 Å². The van der Waals surface area contributed by atoms with Crippen molar-refractivity contribution in [2.24, 2.45) is 0 Å². The van der Waals surface area contributed by atoms with Crippen molar-refractivity contribution in [1.82, 2.24) is 4.98 Å². The normalized spacial score (nSPS) is 12.9. The lowest BCUT2D eigenvalue weighted by atomic mass is 9.99. The molecule has 1 aromatic carbocycles. The first-order chi connectivity index (χ1) is 10.6. The van der Waals surface area contributed by atoms with Gasteiger partial charge in [0, 0.05) is 17.2 Å². The number of thiazole rings is 1. The Morgan fingerprint density at radius 1 is 1.17 bits per heavy atom. The Bertz CT molecular complexity index is 854. The highest BCUT2D eigenvalue weighted by Gasteiger charge is 2.24. The number of rotatable bonds is 4. The van der Waals surface area contributed by atoms with Crippen LogP contribution in [0, 0.1) is 20.8 Å². The maximum Gasteiger partial charge on any atom is 0.244 e. The third-order valence-corrected chi connectivity index (χ3v) is 6.12. The molecule has 124 valence electrons. The van der Waals surface area contributed by atoms with Crippen LogP contribution < -0.4 is 5.32 Å². The molecule has 5 nitrogen and oxygen atoms in total. The van der Waals surface area contributed by atoms with Gasteiger partial charge < -0.3 is 5.32 Å². The molecule has 23 heavy (non-hydrogen) atoms. The molecule has 0 aliphatic heterocycles. The van der Waals surface area contributed by atoms with Gasteiger partial charge in [0.1, 0.15) is 5.25 Å². The second-order valence-electron chi connectivity index (χ2n) is 5.75. The van der Waals surface area contributed by atoms with E-state index in [1.807, 2.05) is 19.2 Å². The summed E-state index contributed by atoms with van der Waals surface area (Å²) in [4.78, 5) is 16.4. The van der Waals surface area contributed by atoms with Crippen molar-refractivity contribution in [2.75, 3.05) is 11.6 Å². The Hall–Kier alpha value is -1.73. The number of sulfone groups is 1. The molecule has 1 aromatic heterocycles. The van der Waals surface area contributed by atoms with Crippen LogP contribution in [-0.2, 0) is 14.6 Å². The number of nitrogens with zero attached hydrogens (tertiary/aromatic N) is 1. The molecule has 1 N–H and O–H groups in total. The van der Waals surface area contributed by atoms with Gasteiger partial charge in [-0.2, -0.15) is 0 Å². The zero-order chi connectivity index (χ0) is 17.4. The first-order valence-corrected chi connectivity index (χ1v) is 9.96. The summed E-state index contributed by atoms with van der Waals surface area (Å²) in [5.41, 5.74) is 5.30. The number of benzene rings is 1. The van der Waals surface area contributed by atoms with Crippen LogP contribution in [0.15, 0.2) is 17.5 Å². The Labute approximate surface area is 140 Å².